The van der Waals surface area contributed by atoms with Crippen molar-refractivity contribution >= 4 is 16.5 Å². The van der Waals surface area contributed by atoms with Gasteiger partial charge >= 0.3 is 0 Å². The van der Waals surface area contributed by atoms with Gasteiger partial charge in [-0.15, -0.1) is 11.3 Å². The third-order valence-corrected chi connectivity index (χ3v) is 5.55. The number of aromatic nitrogens is 1. The highest BCUT2D eigenvalue weighted by Crippen LogP contribution is 2.22. The van der Waals surface area contributed by atoms with Crippen LogP contribution in [0, 0.1) is 5.92 Å². The van der Waals surface area contributed by atoms with Gasteiger partial charge in [-0.05, 0) is 25.3 Å². The largest absolute Gasteiger partial charge is 0.346 e. The van der Waals surface area contributed by atoms with Crippen LogP contribution in [0.4, 0.5) is 5.13 Å². The van der Waals surface area contributed by atoms with Gasteiger partial charge in [-0.3, -0.25) is 4.90 Å². The number of hydrogen-bond donors (Lipinski definition) is 1. The van der Waals surface area contributed by atoms with E-state index in [4.69, 9.17) is 0 Å². The molecule has 1 N–H and O–H groups in total. The Morgan fingerprint density at radius 2 is 2.20 bits per heavy atom. The molecular weight excluding hydrogens is 268 g/mol. The van der Waals surface area contributed by atoms with E-state index in [0.717, 1.165) is 19.0 Å². The molecule has 0 spiro atoms. The van der Waals surface area contributed by atoms with Crippen LogP contribution in [0.3, 0.4) is 0 Å². The summed E-state index contributed by atoms with van der Waals surface area (Å²) in [6.07, 6.45) is 5.98. The lowest BCUT2D eigenvalue weighted by Gasteiger charge is -2.38. The predicted octanol–water partition coefficient (Wildman–Crippen LogP) is 2.04. The van der Waals surface area contributed by atoms with Crippen molar-refractivity contribution in [3.05, 3.63) is 11.6 Å². The van der Waals surface area contributed by atoms with E-state index in [2.05, 4.69) is 32.4 Å². The first-order chi connectivity index (χ1) is 9.85. The van der Waals surface area contributed by atoms with E-state index in [-0.39, 0.29) is 0 Å². The fourth-order valence-electron chi connectivity index (χ4n) is 3.41. The summed E-state index contributed by atoms with van der Waals surface area (Å²) in [5, 5.41) is 6.96. The van der Waals surface area contributed by atoms with E-state index < -0.39 is 0 Å². The molecule has 3 rings (SSSR count). The summed E-state index contributed by atoms with van der Waals surface area (Å²) in [5.74, 6) is 0.942. The smallest absolute Gasteiger partial charge is 0.185 e. The van der Waals surface area contributed by atoms with Gasteiger partial charge in [0.25, 0.3) is 0 Å². The zero-order valence-corrected chi connectivity index (χ0v) is 13.2. The number of piperazine rings is 1. The van der Waals surface area contributed by atoms with Crippen molar-refractivity contribution in [2.24, 2.45) is 5.92 Å². The molecule has 2 fully saturated rings. The molecule has 0 amide bonds. The lowest BCUT2D eigenvalue weighted by atomic mass is 9.90. The molecule has 5 heteroatoms. The van der Waals surface area contributed by atoms with Crippen molar-refractivity contribution in [2.75, 3.05) is 44.2 Å². The highest BCUT2D eigenvalue weighted by Gasteiger charge is 2.24. The molecule has 20 heavy (non-hydrogen) atoms. The standard InChI is InChI=1S/C15H26N4S/c1-2-13-3-4-16-14(11-13)12-18-6-8-19(9-7-18)15-17-5-10-20-15/h5,10,13-14,16H,2-4,6-9,11-12H2,1H3. The molecule has 112 valence electrons. The Bertz CT molecular complexity index is 387. The van der Waals surface area contributed by atoms with Gasteiger partial charge in [0.2, 0.25) is 0 Å². The molecule has 0 bridgehead atoms. The molecule has 4 nitrogen and oxygen atoms in total. The fourth-order valence-corrected chi connectivity index (χ4v) is 4.11. The average Bonchev–Trinajstić information content (AvgIpc) is 3.02. The predicted molar refractivity (Wildman–Crippen MR) is 85.6 cm³/mol. The maximum absolute atomic E-state index is 4.42. The van der Waals surface area contributed by atoms with E-state index in [9.17, 15) is 0 Å². The molecule has 2 unspecified atom stereocenters. The van der Waals surface area contributed by atoms with Crippen LogP contribution in [0.15, 0.2) is 11.6 Å². The normalized spacial score (nSPS) is 28.8. The summed E-state index contributed by atoms with van der Waals surface area (Å²) in [4.78, 5) is 9.46. The van der Waals surface area contributed by atoms with E-state index in [1.807, 2.05) is 6.20 Å². The maximum atomic E-state index is 4.42. The van der Waals surface area contributed by atoms with Gasteiger partial charge in [0, 0.05) is 50.3 Å². The minimum absolute atomic E-state index is 0.708. The summed E-state index contributed by atoms with van der Waals surface area (Å²) >= 11 is 1.75. The van der Waals surface area contributed by atoms with Crippen molar-refractivity contribution in [1.29, 1.82) is 0 Å². The Morgan fingerprint density at radius 3 is 2.90 bits per heavy atom. The number of nitrogens with zero attached hydrogens (tertiary/aromatic N) is 3. The molecular formula is C15H26N4S. The van der Waals surface area contributed by atoms with E-state index in [1.54, 1.807) is 11.3 Å². The van der Waals surface area contributed by atoms with Gasteiger partial charge in [-0.1, -0.05) is 13.3 Å². The van der Waals surface area contributed by atoms with Crippen LogP contribution >= 0.6 is 11.3 Å². The summed E-state index contributed by atoms with van der Waals surface area (Å²) in [7, 11) is 0. The summed E-state index contributed by atoms with van der Waals surface area (Å²) in [5.41, 5.74) is 0. The van der Waals surface area contributed by atoms with E-state index in [1.165, 1.54) is 50.6 Å². The zero-order valence-electron chi connectivity index (χ0n) is 12.4. The fraction of sp³-hybridized carbons (Fsp3) is 0.800. The zero-order chi connectivity index (χ0) is 13.8. The van der Waals surface area contributed by atoms with Crippen molar-refractivity contribution in [3.63, 3.8) is 0 Å². The molecule has 0 saturated carbocycles. The van der Waals surface area contributed by atoms with Crippen LogP contribution in [0.25, 0.3) is 0 Å². The number of hydrogen-bond acceptors (Lipinski definition) is 5. The monoisotopic (exact) mass is 294 g/mol. The first-order valence-corrected chi connectivity index (χ1v) is 8.83. The second-order valence-electron chi connectivity index (χ2n) is 6.05. The van der Waals surface area contributed by atoms with Gasteiger partial charge in [0.15, 0.2) is 5.13 Å². The third-order valence-electron chi connectivity index (χ3n) is 4.72. The number of piperidine rings is 1. The van der Waals surface area contributed by atoms with Crippen LogP contribution < -0.4 is 10.2 Å². The van der Waals surface area contributed by atoms with Crippen LogP contribution in [0.2, 0.25) is 0 Å². The molecule has 3 heterocycles. The molecule has 2 atom stereocenters. The number of anilines is 1. The molecule has 2 saturated heterocycles. The Kier molecular flexibility index (Phi) is 4.91. The summed E-state index contributed by atoms with van der Waals surface area (Å²) < 4.78 is 0. The van der Waals surface area contributed by atoms with Crippen molar-refractivity contribution < 1.29 is 0 Å². The van der Waals surface area contributed by atoms with Crippen molar-refractivity contribution in [1.82, 2.24) is 15.2 Å². The number of thiazole rings is 1. The summed E-state index contributed by atoms with van der Waals surface area (Å²) in [6, 6.07) is 0.708. The Hall–Kier alpha value is -0.650. The first kappa shape index (κ1) is 14.3. The van der Waals surface area contributed by atoms with Crippen molar-refractivity contribution in [2.45, 2.75) is 32.2 Å². The van der Waals surface area contributed by atoms with Gasteiger partial charge < -0.3 is 10.2 Å². The molecule has 0 aromatic carbocycles. The van der Waals surface area contributed by atoms with Gasteiger partial charge in [0.1, 0.15) is 0 Å². The minimum Gasteiger partial charge on any atom is -0.346 e. The third kappa shape index (κ3) is 3.51. The SMILES string of the molecule is CCC1CCNC(CN2CCN(c3nccs3)CC2)C1. The minimum atomic E-state index is 0.708. The highest BCUT2D eigenvalue weighted by atomic mass is 32.1. The lowest BCUT2D eigenvalue weighted by molar-refractivity contribution is 0.192. The van der Waals surface area contributed by atoms with Crippen LogP contribution in [0.1, 0.15) is 26.2 Å². The second kappa shape index (κ2) is 6.87. The topological polar surface area (TPSA) is 31.4 Å². The van der Waals surface area contributed by atoms with Crippen LogP contribution in [-0.2, 0) is 0 Å². The van der Waals surface area contributed by atoms with Gasteiger partial charge in [-0.2, -0.15) is 0 Å². The quantitative estimate of drug-likeness (QED) is 0.921. The molecule has 2 aliphatic heterocycles. The van der Waals surface area contributed by atoms with Gasteiger partial charge in [-0.25, -0.2) is 4.98 Å². The van der Waals surface area contributed by atoms with Crippen LogP contribution in [-0.4, -0.2) is 55.2 Å². The maximum Gasteiger partial charge on any atom is 0.185 e. The van der Waals surface area contributed by atoms with E-state index >= 15 is 0 Å². The molecule has 0 aliphatic carbocycles. The number of nitrogens with one attached hydrogen (secondary N) is 1. The number of rotatable bonds is 4. The van der Waals surface area contributed by atoms with Gasteiger partial charge in [0.05, 0.1) is 0 Å². The molecule has 2 aliphatic rings. The molecule has 0 radical (unpaired) electrons. The summed E-state index contributed by atoms with van der Waals surface area (Å²) in [6.45, 7) is 9.36. The Labute approximate surface area is 126 Å². The molecule has 1 aromatic rings. The second-order valence-corrected chi connectivity index (χ2v) is 6.93. The lowest BCUT2D eigenvalue weighted by Crippen LogP contribution is -2.52. The Balaban J connectivity index is 1.44. The van der Waals surface area contributed by atoms with Crippen LogP contribution in [0.5, 0.6) is 0 Å². The Morgan fingerprint density at radius 1 is 1.35 bits per heavy atom. The average molecular weight is 294 g/mol. The highest BCUT2D eigenvalue weighted by molar-refractivity contribution is 7.13. The van der Waals surface area contributed by atoms with Crippen molar-refractivity contribution in [3.8, 4) is 0 Å². The first-order valence-electron chi connectivity index (χ1n) is 7.95. The molecule has 1 aromatic heterocycles. The van der Waals surface area contributed by atoms with E-state index in [0.29, 0.717) is 6.04 Å².